The lowest BCUT2D eigenvalue weighted by molar-refractivity contribution is -0.135. The average Bonchev–Trinajstić information content (AvgIpc) is 2.17. The second-order valence-electron chi connectivity index (χ2n) is 3.39. The third-order valence-electron chi connectivity index (χ3n) is 2.12. The topological polar surface area (TPSA) is 23.8 Å². The monoisotopic (exact) mass is 291 g/mol. The van der Waals surface area contributed by atoms with Gasteiger partial charge in [-0.1, -0.05) is 28.1 Å². The summed E-state index contributed by atoms with van der Waals surface area (Å²) in [6.07, 6.45) is -5.34. The van der Waals surface area contributed by atoms with E-state index in [0.29, 0.717) is 5.56 Å². The summed E-state index contributed by atoms with van der Waals surface area (Å²) in [4.78, 5) is 0. The fourth-order valence-corrected chi connectivity index (χ4v) is 1.75. The molecule has 1 nitrogen and oxygen atoms in total. The number of nitrogens with zero attached hydrogens (tertiary/aromatic N) is 1. The molecule has 0 radical (unpaired) electrons. The van der Waals surface area contributed by atoms with Crippen molar-refractivity contribution in [1.82, 2.24) is 0 Å². The molecular weight excluding hydrogens is 283 g/mol. The molecule has 0 fully saturated rings. The highest BCUT2D eigenvalue weighted by Crippen LogP contribution is 2.29. The highest BCUT2D eigenvalue weighted by molar-refractivity contribution is 9.10. The van der Waals surface area contributed by atoms with Crippen LogP contribution in [0.5, 0.6) is 0 Å². The van der Waals surface area contributed by atoms with Crippen LogP contribution in [0.1, 0.15) is 24.3 Å². The zero-order chi connectivity index (χ0) is 12.2. The van der Waals surface area contributed by atoms with Crippen LogP contribution in [0.15, 0.2) is 28.7 Å². The maximum absolute atomic E-state index is 12.0. The minimum atomic E-state index is -4.21. The lowest BCUT2D eigenvalue weighted by atomic mass is 9.96. The Morgan fingerprint density at radius 3 is 2.56 bits per heavy atom. The van der Waals surface area contributed by atoms with Gasteiger partial charge in [0.2, 0.25) is 0 Å². The SMILES string of the molecule is N#C[C@@H](CCC(F)(F)F)c1cccc(Br)c1. The van der Waals surface area contributed by atoms with Crippen LogP contribution in [0, 0.1) is 11.3 Å². The summed E-state index contributed by atoms with van der Waals surface area (Å²) in [6.45, 7) is 0. The van der Waals surface area contributed by atoms with E-state index >= 15 is 0 Å². The van der Waals surface area contributed by atoms with Gasteiger partial charge in [-0.15, -0.1) is 0 Å². The van der Waals surface area contributed by atoms with E-state index in [0.717, 1.165) is 4.47 Å². The van der Waals surface area contributed by atoms with E-state index in [-0.39, 0.29) is 6.42 Å². The molecule has 0 aromatic heterocycles. The second-order valence-corrected chi connectivity index (χ2v) is 4.31. The van der Waals surface area contributed by atoms with Crippen molar-refractivity contribution in [3.05, 3.63) is 34.3 Å². The van der Waals surface area contributed by atoms with Crippen LogP contribution in [-0.2, 0) is 0 Å². The van der Waals surface area contributed by atoms with Crippen LogP contribution < -0.4 is 0 Å². The predicted octanol–water partition coefficient (Wildman–Crippen LogP) is 4.40. The van der Waals surface area contributed by atoms with Crippen molar-refractivity contribution in [3.63, 3.8) is 0 Å². The Morgan fingerprint density at radius 2 is 2.06 bits per heavy atom. The number of alkyl halides is 3. The molecule has 0 unspecified atom stereocenters. The molecule has 0 aliphatic carbocycles. The number of rotatable bonds is 3. The van der Waals surface area contributed by atoms with E-state index in [1.807, 2.05) is 6.07 Å². The molecule has 1 aromatic carbocycles. The summed E-state index contributed by atoms with van der Waals surface area (Å²) in [7, 11) is 0. The number of hydrogen-bond acceptors (Lipinski definition) is 1. The standard InChI is InChI=1S/C11H9BrF3N/c12-10-3-1-2-8(6-10)9(7-16)4-5-11(13,14)15/h1-3,6,9H,4-5H2/t9-/m1/s1. The average molecular weight is 292 g/mol. The van der Waals surface area contributed by atoms with Crippen LogP contribution in [0.25, 0.3) is 0 Å². The summed E-state index contributed by atoms with van der Waals surface area (Å²) >= 11 is 3.22. The Labute approximate surface area is 100 Å². The molecule has 0 aliphatic heterocycles. The summed E-state index contributed by atoms with van der Waals surface area (Å²) in [5.41, 5.74) is 0.612. The van der Waals surface area contributed by atoms with Crippen LogP contribution in [0.2, 0.25) is 0 Å². The smallest absolute Gasteiger partial charge is 0.198 e. The zero-order valence-corrected chi connectivity index (χ0v) is 9.85. The van der Waals surface area contributed by atoms with Gasteiger partial charge in [0.05, 0.1) is 12.0 Å². The van der Waals surface area contributed by atoms with Gasteiger partial charge < -0.3 is 0 Å². The fraction of sp³-hybridized carbons (Fsp3) is 0.364. The lowest BCUT2D eigenvalue weighted by Gasteiger charge is -2.11. The van der Waals surface area contributed by atoms with E-state index in [9.17, 15) is 13.2 Å². The number of halogens is 4. The minimum absolute atomic E-state index is 0.198. The third kappa shape index (κ3) is 4.23. The van der Waals surface area contributed by atoms with E-state index in [1.165, 1.54) is 0 Å². The summed E-state index contributed by atoms with van der Waals surface area (Å²) in [5, 5.41) is 8.83. The fourth-order valence-electron chi connectivity index (χ4n) is 1.34. The molecular formula is C11H9BrF3N. The van der Waals surface area contributed by atoms with Gasteiger partial charge in [-0.2, -0.15) is 18.4 Å². The van der Waals surface area contributed by atoms with Gasteiger partial charge in [0.25, 0.3) is 0 Å². The molecule has 0 N–H and O–H groups in total. The van der Waals surface area contributed by atoms with Gasteiger partial charge >= 0.3 is 6.18 Å². The summed E-state index contributed by atoms with van der Waals surface area (Å²) in [6, 6.07) is 8.70. The first-order chi connectivity index (χ1) is 7.42. The molecule has 0 saturated heterocycles. The van der Waals surface area contributed by atoms with Crippen molar-refractivity contribution >= 4 is 15.9 Å². The van der Waals surface area contributed by atoms with Crippen molar-refractivity contribution in [2.45, 2.75) is 24.9 Å². The van der Waals surface area contributed by atoms with Gasteiger partial charge in [-0.25, -0.2) is 0 Å². The molecule has 0 amide bonds. The molecule has 16 heavy (non-hydrogen) atoms. The Morgan fingerprint density at radius 1 is 1.38 bits per heavy atom. The van der Waals surface area contributed by atoms with Gasteiger partial charge in [0.1, 0.15) is 0 Å². The van der Waals surface area contributed by atoms with Crippen LogP contribution in [-0.4, -0.2) is 6.18 Å². The molecule has 1 aromatic rings. The largest absolute Gasteiger partial charge is 0.389 e. The van der Waals surface area contributed by atoms with Gasteiger partial charge in [0.15, 0.2) is 0 Å². The first-order valence-electron chi connectivity index (χ1n) is 4.64. The van der Waals surface area contributed by atoms with Crippen molar-refractivity contribution in [3.8, 4) is 6.07 Å². The molecule has 1 rings (SSSR count). The minimum Gasteiger partial charge on any atom is -0.198 e. The van der Waals surface area contributed by atoms with E-state index in [1.54, 1.807) is 24.3 Å². The number of benzene rings is 1. The first kappa shape index (κ1) is 13.0. The van der Waals surface area contributed by atoms with Gasteiger partial charge in [-0.3, -0.25) is 0 Å². The normalized spacial score (nSPS) is 13.2. The van der Waals surface area contributed by atoms with Crippen molar-refractivity contribution in [2.75, 3.05) is 0 Å². The Hall–Kier alpha value is -1.02. The van der Waals surface area contributed by atoms with E-state index < -0.39 is 18.5 Å². The second kappa shape index (κ2) is 5.35. The van der Waals surface area contributed by atoms with Crippen molar-refractivity contribution in [2.24, 2.45) is 0 Å². The Balaban J connectivity index is 2.73. The molecule has 5 heteroatoms. The Bertz CT molecular complexity index is 395. The maximum Gasteiger partial charge on any atom is 0.389 e. The molecule has 1 atom stereocenters. The maximum atomic E-state index is 12.0. The summed E-state index contributed by atoms with van der Waals surface area (Å²) < 4.78 is 36.8. The van der Waals surface area contributed by atoms with Crippen LogP contribution >= 0.6 is 15.9 Å². The van der Waals surface area contributed by atoms with Gasteiger partial charge in [-0.05, 0) is 24.1 Å². The molecule has 0 spiro atoms. The summed E-state index contributed by atoms with van der Waals surface area (Å²) in [5.74, 6) is -0.709. The van der Waals surface area contributed by atoms with E-state index in [2.05, 4.69) is 15.9 Å². The molecule has 86 valence electrons. The van der Waals surface area contributed by atoms with Crippen LogP contribution in [0.4, 0.5) is 13.2 Å². The molecule has 0 heterocycles. The molecule has 0 bridgehead atoms. The Kier molecular flexibility index (Phi) is 4.36. The molecule has 0 saturated carbocycles. The quantitative estimate of drug-likeness (QED) is 0.810. The highest BCUT2D eigenvalue weighted by Gasteiger charge is 2.28. The zero-order valence-electron chi connectivity index (χ0n) is 8.26. The third-order valence-corrected chi connectivity index (χ3v) is 2.62. The van der Waals surface area contributed by atoms with Crippen molar-refractivity contribution in [1.29, 1.82) is 5.26 Å². The number of hydrogen-bond donors (Lipinski definition) is 0. The first-order valence-corrected chi connectivity index (χ1v) is 5.43. The lowest BCUT2D eigenvalue weighted by Crippen LogP contribution is -2.09. The molecule has 0 aliphatic rings. The predicted molar refractivity (Wildman–Crippen MR) is 57.8 cm³/mol. The van der Waals surface area contributed by atoms with Crippen molar-refractivity contribution < 1.29 is 13.2 Å². The highest BCUT2D eigenvalue weighted by atomic mass is 79.9. The van der Waals surface area contributed by atoms with E-state index in [4.69, 9.17) is 5.26 Å². The van der Waals surface area contributed by atoms with Crippen LogP contribution in [0.3, 0.4) is 0 Å². The van der Waals surface area contributed by atoms with Gasteiger partial charge in [0, 0.05) is 10.9 Å². The number of nitriles is 1.